The van der Waals surface area contributed by atoms with Crippen molar-refractivity contribution in [1.29, 1.82) is 0 Å². The lowest BCUT2D eigenvalue weighted by Crippen LogP contribution is -2.41. The van der Waals surface area contributed by atoms with E-state index in [1.165, 1.54) is 0 Å². The molecule has 1 amide bonds. The summed E-state index contributed by atoms with van der Waals surface area (Å²) in [6.07, 6.45) is 1.81. The minimum Gasteiger partial charge on any atom is -0.497 e. The molecule has 8 heteroatoms. The Bertz CT molecular complexity index is 952. The van der Waals surface area contributed by atoms with Gasteiger partial charge in [0, 0.05) is 18.8 Å². The predicted molar refractivity (Wildman–Crippen MR) is 102 cm³/mol. The fourth-order valence-electron chi connectivity index (χ4n) is 3.37. The molecule has 1 N–H and O–H groups in total. The highest BCUT2D eigenvalue weighted by atomic mass is 16.5. The zero-order valence-electron chi connectivity index (χ0n) is 15.4. The van der Waals surface area contributed by atoms with Gasteiger partial charge in [0.15, 0.2) is 11.5 Å². The van der Waals surface area contributed by atoms with Crippen LogP contribution in [0.4, 0.5) is 11.5 Å². The van der Waals surface area contributed by atoms with Crippen molar-refractivity contribution in [3.63, 3.8) is 0 Å². The number of rotatable bonds is 4. The van der Waals surface area contributed by atoms with Gasteiger partial charge in [-0.25, -0.2) is 0 Å². The van der Waals surface area contributed by atoms with Gasteiger partial charge < -0.3 is 15.0 Å². The minimum atomic E-state index is -0.0830. The third kappa shape index (κ3) is 3.55. The number of fused-ring (bicyclic) bond motifs is 1. The molecule has 1 saturated heterocycles. The van der Waals surface area contributed by atoms with Crippen LogP contribution in [0.1, 0.15) is 18.7 Å². The average molecular weight is 366 g/mol. The second-order valence-corrected chi connectivity index (χ2v) is 6.71. The van der Waals surface area contributed by atoms with Gasteiger partial charge in [0.2, 0.25) is 5.91 Å². The standard InChI is InChI=1S/C19H22N6O2/c1-13-21-22-17-9-10-18(23-25(13)17)24-11-3-4-14(12-24)19(26)20-15-5-7-16(27-2)8-6-15/h5-10,14H,3-4,11-12H2,1-2H3,(H,20,26)/t14-/m1/s1. The van der Waals surface area contributed by atoms with Crippen LogP contribution >= 0.6 is 0 Å². The van der Waals surface area contributed by atoms with E-state index in [0.717, 1.165) is 48.1 Å². The van der Waals surface area contributed by atoms with Gasteiger partial charge in [-0.2, -0.15) is 4.52 Å². The van der Waals surface area contributed by atoms with Crippen molar-refractivity contribution in [1.82, 2.24) is 19.8 Å². The predicted octanol–water partition coefficient (Wildman–Crippen LogP) is 2.30. The molecule has 1 fully saturated rings. The van der Waals surface area contributed by atoms with Gasteiger partial charge >= 0.3 is 0 Å². The summed E-state index contributed by atoms with van der Waals surface area (Å²) in [7, 11) is 1.62. The number of aromatic nitrogens is 4. The van der Waals surface area contributed by atoms with Crippen molar-refractivity contribution in [2.75, 3.05) is 30.4 Å². The number of nitrogens with zero attached hydrogens (tertiary/aromatic N) is 5. The van der Waals surface area contributed by atoms with Gasteiger partial charge in [-0.05, 0) is 56.2 Å². The molecule has 2 aromatic heterocycles. The highest BCUT2D eigenvalue weighted by molar-refractivity contribution is 5.93. The molecule has 8 nitrogen and oxygen atoms in total. The van der Waals surface area contributed by atoms with Crippen LogP contribution in [-0.4, -0.2) is 45.9 Å². The summed E-state index contributed by atoms with van der Waals surface area (Å²) in [6.45, 7) is 3.39. The summed E-state index contributed by atoms with van der Waals surface area (Å²) >= 11 is 0. The smallest absolute Gasteiger partial charge is 0.229 e. The molecule has 0 unspecified atom stereocenters. The van der Waals surface area contributed by atoms with Gasteiger partial charge in [0.05, 0.1) is 13.0 Å². The largest absolute Gasteiger partial charge is 0.497 e. The topological polar surface area (TPSA) is 84.6 Å². The Morgan fingerprint density at radius 1 is 1.19 bits per heavy atom. The number of methoxy groups -OCH3 is 1. The highest BCUT2D eigenvalue weighted by Gasteiger charge is 2.27. The maximum Gasteiger partial charge on any atom is 0.229 e. The van der Waals surface area contributed by atoms with Gasteiger partial charge in [0.1, 0.15) is 11.6 Å². The molecule has 0 radical (unpaired) electrons. The lowest BCUT2D eigenvalue weighted by Gasteiger charge is -2.32. The number of nitrogens with one attached hydrogen (secondary N) is 1. The van der Waals surface area contributed by atoms with Crippen LogP contribution in [0.15, 0.2) is 36.4 Å². The van der Waals surface area contributed by atoms with Gasteiger partial charge in [0.25, 0.3) is 0 Å². The normalized spacial score (nSPS) is 17.1. The van der Waals surface area contributed by atoms with E-state index in [1.54, 1.807) is 11.6 Å². The maximum absolute atomic E-state index is 12.7. The number of amides is 1. The molecule has 140 valence electrons. The molecule has 3 heterocycles. The molecular weight excluding hydrogens is 344 g/mol. The summed E-state index contributed by atoms with van der Waals surface area (Å²) < 4.78 is 6.88. The number of piperidine rings is 1. The van der Waals surface area contributed by atoms with Crippen LogP contribution in [0.25, 0.3) is 5.65 Å². The summed E-state index contributed by atoms with van der Waals surface area (Å²) in [6, 6.07) is 11.2. The summed E-state index contributed by atoms with van der Waals surface area (Å²) in [4.78, 5) is 14.9. The lowest BCUT2D eigenvalue weighted by atomic mass is 9.97. The Balaban J connectivity index is 1.46. The molecule has 0 saturated carbocycles. The lowest BCUT2D eigenvalue weighted by molar-refractivity contribution is -0.120. The second kappa shape index (κ2) is 7.22. The first-order valence-electron chi connectivity index (χ1n) is 9.03. The van der Waals surface area contributed by atoms with Crippen molar-refractivity contribution in [2.24, 2.45) is 5.92 Å². The average Bonchev–Trinajstić information content (AvgIpc) is 3.09. The van der Waals surface area contributed by atoms with Crippen molar-refractivity contribution in [3.8, 4) is 5.75 Å². The molecule has 0 bridgehead atoms. The van der Waals surface area contributed by atoms with E-state index in [4.69, 9.17) is 4.74 Å². The number of aryl methyl sites for hydroxylation is 1. The van der Waals surface area contributed by atoms with Gasteiger partial charge in [-0.1, -0.05) is 0 Å². The fraction of sp³-hybridized carbons (Fsp3) is 0.368. The summed E-state index contributed by atoms with van der Waals surface area (Å²) in [5, 5.41) is 15.7. The maximum atomic E-state index is 12.7. The van der Waals surface area contributed by atoms with E-state index in [-0.39, 0.29) is 11.8 Å². The quantitative estimate of drug-likeness (QED) is 0.763. The number of carbonyl (C=O) groups is 1. The molecule has 1 aliphatic heterocycles. The zero-order valence-corrected chi connectivity index (χ0v) is 15.4. The SMILES string of the molecule is COc1ccc(NC(=O)[C@@H]2CCCN(c3ccc4nnc(C)n4n3)C2)cc1. The number of hydrogen-bond acceptors (Lipinski definition) is 6. The third-order valence-electron chi connectivity index (χ3n) is 4.88. The minimum absolute atomic E-state index is 0.0337. The Hall–Kier alpha value is -3.16. The fourth-order valence-corrected chi connectivity index (χ4v) is 3.37. The Morgan fingerprint density at radius 2 is 2.00 bits per heavy atom. The molecule has 4 rings (SSSR count). The molecule has 27 heavy (non-hydrogen) atoms. The van der Waals surface area contributed by atoms with E-state index in [2.05, 4.69) is 25.5 Å². The van der Waals surface area contributed by atoms with Crippen LogP contribution in [0.3, 0.4) is 0 Å². The number of ether oxygens (including phenoxy) is 1. The number of carbonyl (C=O) groups excluding carboxylic acids is 1. The van der Waals surface area contributed by atoms with Crippen LogP contribution < -0.4 is 15.0 Å². The van der Waals surface area contributed by atoms with Crippen molar-refractivity contribution >= 4 is 23.1 Å². The van der Waals surface area contributed by atoms with Crippen molar-refractivity contribution < 1.29 is 9.53 Å². The molecule has 3 aromatic rings. The van der Waals surface area contributed by atoms with E-state index in [1.807, 2.05) is 43.3 Å². The molecule has 1 aromatic carbocycles. The van der Waals surface area contributed by atoms with E-state index in [0.29, 0.717) is 6.54 Å². The van der Waals surface area contributed by atoms with E-state index < -0.39 is 0 Å². The number of anilines is 2. The van der Waals surface area contributed by atoms with E-state index >= 15 is 0 Å². The van der Waals surface area contributed by atoms with E-state index in [9.17, 15) is 4.79 Å². The van der Waals surface area contributed by atoms with Gasteiger partial charge in [-0.3, -0.25) is 4.79 Å². The monoisotopic (exact) mass is 366 g/mol. The van der Waals surface area contributed by atoms with Gasteiger partial charge in [-0.15, -0.1) is 15.3 Å². The molecule has 0 spiro atoms. The first-order chi connectivity index (χ1) is 13.1. The Kier molecular flexibility index (Phi) is 4.62. The Morgan fingerprint density at radius 3 is 2.78 bits per heavy atom. The van der Waals surface area contributed by atoms with Crippen molar-refractivity contribution in [3.05, 3.63) is 42.2 Å². The van der Waals surface area contributed by atoms with Crippen LogP contribution in [0, 0.1) is 12.8 Å². The molecule has 0 aliphatic carbocycles. The second-order valence-electron chi connectivity index (χ2n) is 6.71. The van der Waals surface area contributed by atoms with Crippen LogP contribution in [-0.2, 0) is 4.79 Å². The number of hydrogen-bond donors (Lipinski definition) is 1. The van der Waals surface area contributed by atoms with Crippen LogP contribution in [0.5, 0.6) is 5.75 Å². The molecular formula is C19H22N6O2. The summed E-state index contributed by atoms with van der Waals surface area (Å²) in [5.74, 6) is 2.30. The summed E-state index contributed by atoms with van der Waals surface area (Å²) in [5.41, 5.74) is 1.50. The third-order valence-corrected chi connectivity index (χ3v) is 4.88. The Labute approximate surface area is 157 Å². The first-order valence-corrected chi connectivity index (χ1v) is 9.03. The molecule has 1 aliphatic rings. The zero-order chi connectivity index (χ0) is 18.8. The van der Waals surface area contributed by atoms with Crippen LogP contribution in [0.2, 0.25) is 0 Å². The first kappa shape index (κ1) is 17.3. The number of benzene rings is 1. The van der Waals surface area contributed by atoms with Crippen molar-refractivity contribution in [2.45, 2.75) is 19.8 Å². The highest BCUT2D eigenvalue weighted by Crippen LogP contribution is 2.24. The molecule has 1 atom stereocenters.